The van der Waals surface area contributed by atoms with Gasteiger partial charge in [-0.25, -0.2) is 0 Å². The summed E-state index contributed by atoms with van der Waals surface area (Å²) in [7, 11) is 0. The van der Waals surface area contributed by atoms with Gasteiger partial charge in [-0.1, -0.05) is 191 Å². The van der Waals surface area contributed by atoms with E-state index in [0.717, 1.165) is 96.3 Å². The van der Waals surface area contributed by atoms with Crippen LogP contribution in [0.15, 0.2) is 60.8 Å². The highest BCUT2D eigenvalue weighted by Crippen LogP contribution is 2.14. The van der Waals surface area contributed by atoms with Crippen LogP contribution in [0, 0.1) is 0 Å². The number of esters is 3. The molecule has 0 heterocycles. The molecule has 0 aromatic carbocycles. The molecule has 0 amide bonds. The van der Waals surface area contributed by atoms with Crippen LogP contribution in [0.2, 0.25) is 0 Å². The first-order valence-electron chi connectivity index (χ1n) is 24.3. The van der Waals surface area contributed by atoms with Crippen LogP contribution in [-0.4, -0.2) is 37.2 Å². The third kappa shape index (κ3) is 44.2. The molecule has 0 aromatic heterocycles. The third-order valence-corrected chi connectivity index (χ3v) is 10.3. The average Bonchev–Trinajstić information content (AvgIpc) is 3.22. The maximum Gasteiger partial charge on any atom is 0.306 e. The van der Waals surface area contributed by atoms with Gasteiger partial charge in [0.2, 0.25) is 0 Å². The van der Waals surface area contributed by atoms with E-state index in [-0.39, 0.29) is 31.1 Å². The lowest BCUT2D eigenvalue weighted by molar-refractivity contribution is -0.167. The van der Waals surface area contributed by atoms with Gasteiger partial charge in [0, 0.05) is 19.3 Å². The molecular formula is C52H90O6. The molecule has 334 valence electrons. The van der Waals surface area contributed by atoms with Gasteiger partial charge in [-0.15, -0.1) is 0 Å². The summed E-state index contributed by atoms with van der Waals surface area (Å²) in [6.45, 7) is 6.46. The molecule has 1 atom stereocenters. The standard InChI is InChI=1S/C52H90O6/c1-4-7-10-13-16-19-22-24-26-28-30-33-36-39-42-45-51(54)57-48-49(47-56-50(53)44-41-38-35-32-21-18-15-12-9-6-3)58-52(55)46-43-40-37-34-31-29-27-25-23-20-17-14-11-8-5-2/h7,10,16,19,24-27,30,33,49H,4-6,8-9,11-15,17-18,20-23,28-29,31-32,34-48H2,1-3H3/b10-7-,19-16-,26-24-,27-25-,33-30-. The van der Waals surface area contributed by atoms with Crippen LogP contribution >= 0.6 is 0 Å². The highest BCUT2D eigenvalue weighted by Gasteiger charge is 2.19. The molecule has 0 rings (SSSR count). The summed E-state index contributed by atoms with van der Waals surface area (Å²) < 4.78 is 16.7. The van der Waals surface area contributed by atoms with Crippen molar-refractivity contribution in [3.8, 4) is 0 Å². The monoisotopic (exact) mass is 811 g/mol. The van der Waals surface area contributed by atoms with Crippen LogP contribution in [0.3, 0.4) is 0 Å². The SMILES string of the molecule is CC/C=C\C/C=C\C/C=C\C/C=C\CCCCC(=O)OCC(COC(=O)CCCCCCCCCCCC)OC(=O)CCCCCCC/C=C\CCCCCCCC. The topological polar surface area (TPSA) is 78.9 Å². The Morgan fingerprint density at radius 3 is 1.10 bits per heavy atom. The van der Waals surface area contributed by atoms with E-state index in [9.17, 15) is 14.4 Å². The second-order valence-corrected chi connectivity index (χ2v) is 16.0. The number of carbonyl (C=O) groups excluding carboxylic acids is 3. The summed E-state index contributed by atoms with van der Waals surface area (Å²) >= 11 is 0. The molecule has 0 saturated heterocycles. The maximum atomic E-state index is 12.7. The van der Waals surface area contributed by atoms with Crippen molar-refractivity contribution < 1.29 is 28.6 Å². The van der Waals surface area contributed by atoms with Crippen molar-refractivity contribution in [3.63, 3.8) is 0 Å². The van der Waals surface area contributed by atoms with Crippen LogP contribution in [0.25, 0.3) is 0 Å². The summed E-state index contributed by atoms with van der Waals surface area (Å²) in [4.78, 5) is 37.8. The quantitative estimate of drug-likeness (QED) is 0.0264. The van der Waals surface area contributed by atoms with Crippen molar-refractivity contribution >= 4 is 17.9 Å². The van der Waals surface area contributed by atoms with Gasteiger partial charge in [-0.2, -0.15) is 0 Å². The number of rotatable bonds is 43. The zero-order valence-corrected chi connectivity index (χ0v) is 38.0. The minimum absolute atomic E-state index is 0.0895. The molecule has 58 heavy (non-hydrogen) atoms. The number of allylic oxidation sites excluding steroid dienone is 10. The first-order chi connectivity index (χ1) is 28.5. The summed E-state index contributed by atoms with van der Waals surface area (Å²) in [5.74, 6) is -0.942. The normalized spacial score (nSPS) is 12.5. The summed E-state index contributed by atoms with van der Waals surface area (Å²) in [6, 6.07) is 0. The van der Waals surface area contributed by atoms with Gasteiger partial charge in [0.05, 0.1) is 0 Å². The number of unbranched alkanes of at least 4 members (excludes halogenated alkanes) is 22. The molecule has 6 heteroatoms. The maximum absolute atomic E-state index is 12.7. The van der Waals surface area contributed by atoms with Gasteiger partial charge in [-0.3, -0.25) is 14.4 Å². The molecule has 0 radical (unpaired) electrons. The minimum atomic E-state index is -0.791. The molecule has 6 nitrogen and oxygen atoms in total. The lowest BCUT2D eigenvalue weighted by Crippen LogP contribution is -2.30. The number of ether oxygens (including phenoxy) is 3. The van der Waals surface area contributed by atoms with E-state index in [0.29, 0.717) is 19.3 Å². The Morgan fingerprint density at radius 1 is 0.362 bits per heavy atom. The second kappa shape index (κ2) is 46.8. The molecule has 0 bridgehead atoms. The predicted molar refractivity (Wildman–Crippen MR) is 247 cm³/mol. The van der Waals surface area contributed by atoms with Crippen LogP contribution in [0.5, 0.6) is 0 Å². The first-order valence-corrected chi connectivity index (χ1v) is 24.3. The molecule has 0 saturated carbocycles. The highest BCUT2D eigenvalue weighted by molar-refractivity contribution is 5.71. The van der Waals surface area contributed by atoms with Crippen LogP contribution in [0.1, 0.15) is 233 Å². The molecule has 1 unspecified atom stereocenters. The second-order valence-electron chi connectivity index (χ2n) is 16.0. The largest absolute Gasteiger partial charge is 0.462 e. The smallest absolute Gasteiger partial charge is 0.306 e. The Bertz CT molecular complexity index is 1070. The Kier molecular flexibility index (Phi) is 44.5. The summed E-state index contributed by atoms with van der Waals surface area (Å²) in [5.41, 5.74) is 0. The van der Waals surface area contributed by atoms with E-state index in [4.69, 9.17) is 14.2 Å². The lowest BCUT2D eigenvalue weighted by Gasteiger charge is -2.18. The van der Waals surface area contributed by atoms with Crippen LogP contribution in [0.4, 0.5) is 0 Å². The van der Waals surface area contributed by atoms with Crippen molar-refractivity contribution in [2.24, 2.45) is 0 Å². The van der Waals surface area contributed by atoms with Crippen LogP contribution < -0.4 is 0 Å². The molecule has 0 fully saturated rings. The Balaban J connectivity index is 4.44. The van der Waals surface area contributed by atoms with E-state index in [1.165, 1.54) is 96.3 Å². The fourth-order valence-electron chi connectivity index (χ4n) is 6.60. The van der Waals surface area contributed by atoms with E-state index in [2.05, 4.69) is 81.5 Å². The predicted octanol–water partition coefficient (Wildman–Crippen LogP) is 15.7. The highest BCUT2D eigenvalue weighted by atomic mass is 16.6. The third-order valence-electron chi connectivity index (χ3n) is 10.3. The fraction of sp³-hybridized carbons (Fsp3) is 0.750. The number of hydrogen-bond acceptors (Lipinski definition) is 6. The van der Waals surface area contributed by atoms with Gasteiger partial charge in [-0.05, 0) is 83.5 Å². The average molecular weight is 811 g/mol. The van der Waals surface area contributed by atoms with Crippen molar-refractivity contribution in [1.29, 1.82) is 0 Å². The molecule has 0 aliphatic rings. The molecule has 0 aromatic rings. The van der Waals surface area contributed by atoms with Crippen molar-refractivity contribution in [2.45, 2.75) is 239 Å². The van der Waals surface area contributed by atoms with Gasteiger partial charge >= 0.3 is 17.9 Å². The van der Waals surface area contributed by atoms with Crippen molar-refractivity contribution in [1.82, 2.24) is 0 Å². The van der Waals surface area contributed by atoms with Gasteiger partial charge in [0.1, 0.15) is 13.2 Å². The summed E-state index contributed by atoms with van der Waals surface area (Å²) in [5, 5.41) is 0. The van der Waals surface area contributed by atoms with Crippen LogP contribution in [-0.2, 0) is 28.6 Å². The van der Waals surface area contributed by atoms with Gasteiger partial charge in [0.15, 0.2) is 6.10 Å². The van der Waals surface area contributed by atoms with Crippen molar-refractivity contribution in [2.75, 3.05) is 13.2 Å². The lowest BCUT2D eigenvalue weighted by atomic mass is 10.1. The molecule has 0 aliphatic heterocycles. The van der Waals surface area contributed by atoms with E-state index in [1.54, 1.807) is 0 Å². The Morgan fingerprint density at radius 2 is 0.672 bits per heavy atom. The van der Waals surface area contributed by atoms with E-state index < -0.39 is 6.10 Å². The molecule has 0 N–H and O–H groups in total. The van der Waals surface area contributed by atoms with Crippen molar-refractivity contribution in [3.05, 3.63) is 60.8 Å². The number of carbonyl (C=O) groups is 3. The van der Waals surface area contributed by atoms with Gasteiger partial charge in [0.25, 0.3) is 0 Å². The minimum Gasteiger partial charge on any atom is -0.462 e. The molecule has 0 aliphatic carbocycles. The zero-order chi connectivity index (χ0) is 42.3. The molecular weight excluding hydrogens is 721 g/mol. The van der Waals surface area contributed by atoms with Gasteiger partial charge < -0.3 is 14.2 Å². The molecule has 0 spiro atoms. The van der Waals surface area contributed by atoms with E-state index in [1.807, 2.05) is 0 Å². The number of hydrogen-bond donors (Lipinski definition) is 0. The Hall–Kier alpha value is -2.89. The zero-order valence-electron chi connectivity index (χ0n) is 38.0. The summed E-state index contributed by atoms with van der Waals surface area (Å²) in [6.07, 6.45) is 56.3. The Labute approximate surface area is 358 Å². The fourth-order valence-corrected chi connectivity index (χ4v) is 6.60. The first kappa shape index (κ1) is 55.1. The van der Waals surface area contributed by atoms with E-state index >= 15 is 0 Å².